The summed E-state index contributed by atoms with van der Waals surface area (Å²) in [5, 5.41) is 12.9. The molecule has 1 aliphatic carbocycles. The van der Waals surface area contributed by atoms with Gasteiger partial charge in [0.25, 0.3) is 0 Å². The topological polar surface area (TPSA) is 63.1 Å². The molecule has 1 aromatic carbocycles. The average molecular weight is 422 g/mol. The monoisotopic (exact) mass is 421 g/mol. The minimum Gasteiger partial charge on any atom is -0.342 e. The van der Waals surface area contributed by atoms with Crippen molar-refractivity contribution in [3.05, 3.63) is 46.5 Å². The molecule has 1 saturated carbocycles. The highest BCUT2D eigenvalue weighted by Crippen LogP contribution is 2.50. The Morgan fingerprint density at radius 3 is 2.71 bits per heavy atom. The molecule has 0 radical (unpaired) electrons. The number of aromatic nitrogens is 3. The highest BCUT2D eigenvalue weighted by Gasteiger charge is 2.47. The Bertz CT molecular complexity index is 862. The minimum absolute atomic E-state index is 0. The molecule has 8 heteroatoms. The van der Waals surface area contributed by atoms with Crippen LogP contribution in [0.5, 0.6) is 0 Å². The summed E-state index contributed by atoms with van der Waals surface area (Å²) >= 11 is 6.30. The lowest BCUT2D eigenvalue weighted by Crippen LogP contribution is -2.39. The summed E-state index contributed by atoms with van der Waals surface area (Å²) in [6.45, 7) is 4.35. The highest BCUT2D eigenvalue weighted by molar-refractivity contribution is 6.31. The summed E-state index contributed by atoms with van der Waals surface area (Å²) in [4.78, 5) is 15.0. The fourth-order valence-electron chi connectivity index (χ4n) is 4.60. The fraction of sp³-hybridized carbons (Fsp3) is 0.550. The maximum Gasteiger partial charge on any atom is 0.226 e. The summed E-state index contributed by atoms with van der Waals surface area (Å²) < 4.78 is 2.27. The van der Waals surface area contributed by atoms with E-state index in [2.05, 4.69) is 26.1 Å². The number of fused-ring (bicyclic) bond motifs is 1. The van der Waals surface area contributed by atoms with Crippen molar-refractivity contribution in [2.24, 2.45) is 5.92 Å². The number of nitrogens with one attached hydrogen (secondary N) is 1. The predicted octanol–water partition coefficient (Wildman–Crippen LogP) is 2.97. The lowest BCUT2D eigenvalue weighted by Gasteiger charge is -2.32. The number of likely N-dealkylation sites (tertiary alicyclic amines) is 1. The molecule has 1 aromatic heterocycles. The maximum atomic E-state index is 12.9. The van der Waals surface area contributed by atoms with E-state index in [1.54, 1.807) is 0 Å². The average Bonchev–Trinajstić information content (AvgIpc) is 3.38. The van der Waals surface area contributed by atoms with Gasteiger partial charge in [-0.25, -0.2) is 0 Å². The molecule has 2 aromatic rings. The Hall–Kier alpha value is -1.63. The van der Waals surface area contributed by atoms with Crippen LogP contribution in [0.25, 0.3) is 0 Å². The second-order valence-corrected chi connectivity index (χ2v) is 8.28. The lowest BCUT2D eigenvalue weighted by atomic mass is 9.95. The molecule has 150 valence electrons. The second kappa shape index (κ2) is 8.01. The van der Waals surface area contributed by atoms with E-state index >= 15 is 0 Å². The molecule has 1 amide bonds. The minimum atomic E-state index is 0. The Morgan fingerprint density at radius 2 is 1.93 bits per heavy atom. The summed E-state index contributed by atoms with van der Waals surface area (Å²) in [5.74, 6) is 3.25. The molecule has 2 unspecified atom stereocenters. The van der Waals surface area contributed by atoms with Gasteiger partial charge in [-0.15, -0.1) is 22.6 Å². The molecule has 3 aliphatic rings. The van der Waals surface area contributed by atoms with Gasteiger partial charge in [0.1, 0.15) is 11.6 Å². The molecule has 1 N–H and O–H groups in total. The molecule has 2 aliphatic heterocycles. The van der Waals surface area contributed by atoms with E-state index in [-0.39, 0.29) is 18.3 Å². The van der Waals surface area contributed by atoms with Gasteiger partial charge in [0.2, 0.25) is 5.91 Å². The van der Waals surface area contributed by atoms with Crippen molar-refractivity contribution in [1.82, 2.24) is 25.0 Å². The number of carbonyl (C=O) groups excluding carboxylic acids is 1. The molecule has 2 fully saturated rings. The van der Waals surface area contributed by atoms with Crippen LogP contribution in [0.2, 0.25) is 5.02 Å². The van der Waals surface area contributed by atoms with Crippen LogP contribution in [0.1, 0.15) is 48.3 Å². The molecule has 0 bridgehead atoms. The van der Waals surface area contributed by atoms with Crippen LogP contribution < -0.4 is 5.32 Å². The van der Waals surface area contributed by atoms with E-state index in [1.807, 2.05) is 23.1 Å². The van der Waals surface area contributed by atoms with E-state index in [1.165, 1.54) is 0 Å². The van der Waals surface area contributed by atoms with Crippen LogP contribution in [0.15, 0.2) is 24.3 Å². The van der Waals surface area contributed by atoms with E-state index in [0.717, 1.165) is 74.2 Å². The van der Waals surface area contributed by atoms with Crippen LogP contribution >= 0.6 is 24.0 Å². The summed E-state index contributed by atoms with van der Waals surface area (Å²) in [5.41, 5.74) is 1.12. The number of carbonyl (C=O) groups is 1. The summed E-state index contributed by atoms with van der Waals surface area (Å²) in [6, 6.07) is 7.91. The van der Waals surface area contributed by atoms with E-state index in [4.69, 9.17) is 11.6 Å². The van der Waals surface area contributed by atoms with Crippen molar-refractivity contribution in [2.45, 2.75) is 44.2 Å². The number of piperidine rings is 1. The van der Waals surface area contributed by atoms with Crippen LogP contribution in [-0.4, -0.2) is 45.2 Å². The Balaban J connectivity index is 0.00000192. The van der Waals surface area contributed by atoms with Gasteiger partial charge in [-0.3, -0.25) is 4.79 Å². The number of hydrogen-bond acceptors (Lipinski definition) is 4. The van der Waals surface area contributed by atoms with E-state index in [9.17, 15) is 4.79 Å². The molecule has 2 atom stereocenters. The van der Waals surface area contributed by atoms with Gasteiger partial charge in [-0.05, 0) is 36.8 Å². The Morgan fingerprint density at radius 1 is 1.14 bits per heavy atom. The number of halogens is 2. The third kappa shape index (κ3) is 3.53. The van der Waals surface area contributed by atoms with Crippen LogP contribution in [0.3, 0.4) is 0 Å². The molecule has 1 saturated heterocycles. The van der Waals surface area contributed by atoms with Gasteiger partial charge in [0.15, 0.2) is 0 Å². The quantitative estimate of drug-likeness (QED) is 0.826. The largest absolute Gasteiger partial charge is 0.342 e. The van der Waals surface area contributed by atoms with Gasteiger partial charge in [0.05, 0.1) is 6.54 Å². The Kier molecular flexibility index (Phi) is 5.63. The van der Waals surface area contributed by atoms with E-state index < -0.39 is 0 Å². The van der Waals surface area contributed by atoms with Crippen LogP contribution in [-0.2, 0) is 17.9 Å². The third-order valence-corrected chi connectivity index (χ3v) is 6.58. The van der Waals surface area contributed by atoms with Gasteiger partial charge in [-0.1, -0.05) is 29.8 Å². The van der Waals surface area contributed by atoms with Gasteiger partial charge >= 0.3 is 0 Å². The highest BCUT2D eigenvalue weighted by atomic mass is 35.5. The molecular formula is C20H25Cl2N5O. The van der Waals surface area contributed by atoms with Crippen LogP contribution in [0.4, 0.5) is 0 Å². The van der Waals surface area contributed by atoms with Crippen molar-refractivity contribution in [1.29, 1.82) is 0 Å². The smallest absolute Gasteiger partial charge is 0.226 e. The number of rotatable bonds is 3. The zero-order valence-corrected chi connectivity index (χ0v) is 17.3. The first-order valence-electron chi connectivity index (χ1n) is 9.88. The predicted molar refractivity (Wildman–Crippen MR) is 110 cm³/mol. The summed E-state index contributed by atoms with van der Waals surface area (Å²) in [6.07, 6.45) is 2.87. The molecule has 3 heterocycles. The number of benzene rings is 1. The van der Waals surface area contributed by atoms with Gasteiger partial charge in [0, 0.05) is 43.0 Å². The van der Waals surface area contributed by atoms with Crippen molar-refractivity contribution in [2.75, 3.05) is 19.6 Å². The van der Waals surface area contributed by atoms with E-state index in [0.29, 0.717) is 17.7 Å². The third-order valence-electron chi connectivity index (χ3n) is 6.24. The number of amides is 1. The Labute approximate surface area is 176 Å². The second-order valence-electron chi connectivity index (χ2n) is 7.87. The van der Waals surface area contributed by atoms with Crippen molar-refractivity contribution >= 4 is 29.9 Å². The molecular weight excluding hydrogens is 397 g/mol. The molecule has 5 rings (SSSR count). The van der Waals surface area contributed by atoms with Gasteiger partial charge < -0.3 is 14.8 Å². The first-order valence-corrected chi connectivity index (χ1v) is 10.3. The summed E-state index contributed by atoms with van der Waals surface area (Å²) in [7, 11) is 0. The normalized spacial score (nSPS) is 24.4. The zero-order chi connectivity index (χ0) is 18.4. The molecule has 28 heavy (non-hydrogen) atoms. The number of nitrogens with zero attached hydrogens (tertiary/aromatic N) is 4. The van der Waals surface area contributed by atoms with Crippen molar-refractivity contribution in [3.63, 3.8) is 0 Å². The fourth-order valence-corrected chi connectivity index (χ4v) is 4.87. The van der Waals surface area contributed by atoms with Crippen molar-refractivity contribution in [3.8, 4) is 0 Å². The number of hydrogen-bond donors (Lipinski definition) is 1. The SMILES string of the molecule is Cl.O=C(C1CC1c1ccccc1Cl)N1CCC(c2nnc3n2CCNC3)CC1. The molecule has 0 spiro atoms. The zero-order valence-electron chi connectivity index (χ0n) is 15.7. The maximum absolute atomic E-state index is 12.9. The molecule has 6 nitrogen and oxygen atoms in total. The first kappa shape index (κ1) is 19.7. The standard InChI is InChI=1S/C20H24ClN5O.ClH/c21-17-4-2-1-3-14(17)15-11-16(15)20(27)25-8-5-13(6-9-25)19-24-23-18-12-22-7-10-26(18)19;/h1-4,13,15-16,22H,5-12H2;1H. The van der Waals surface area contributed by atoms with Crippen LogP contribution in [0, 0.1) is 5.92 Å². The van der Waals surface area contributed by atoms with Crippen molar-refractivity contribution < 1.29 is 4.79 Å². The van der Waals surface area contributed by atoms with Gasteiger partial charge in [-0.2, -0.15) is 0 Å². The first-order chi connectivity index (χ1) is 13.2. The lowest BCUT2D eigenvalue weighted by molar-refractivity contribution is -0.133.